The van der Waals surface area contributed by atoms with E-state index in [1.807, 2.05) is 42.5 Å². The van der Waals surface area contributed by atoms with Crippen LogP contribution < -0.4 is 5.32 Å². The summed E-state index contributed by atoms with van der Waals surface area (Å²) in [5, 5.41) is 7.09. The first kappa shape index (κ1) is 23.6. The van der Waals surface area contributed by atoms with Crippen LogP contribution in [0.4, 0.5) is 4.39 Å². The summed E-state index contributed by atoms with van der Waals surface area (Å²) in [6.45, 7) is 5.81. The number of aromatic nitrogens is 3. The van der Waals surface area contributed by atoms with Crippen molar-refractivity contribution in [3.05, 3.63) is 83.9 Å². The molecule has 0 spiro atoms. The third-order valence-electron chi connectivity index (χ3n) is 6.38. The molecule has 0 radical (unpaired) electrons. The Balaban J connectivity index is 1.58. The summed E-state index contributed by atoms with van der Waals surface area (Å²) in [4.78, 5) is 31.8. The van der Waals surface area contributed by atoms with Crippen LogP contribution >= 0.6 is 0 Å². The normalized spacial score (nSPS) is 19.7. The number of likely N-dealkylation sites (tertiary alicyclic amines) is 1. The summed E-state index contributed by atoms with van der Waals surface area (Å²) in [5.41, 5.74) is 3.04. The Morgan fingerprint density at radius 1 is 1.00 bits per heavy atom. The highest BCUT2D eigenvalue weighted by Crippen LogP contribution is 2.28. The van der Waals surface area contributed by atoms with E-state index >= 15 is 0 Å². The van der Waals surface area contributed by atoms with Crippen molar-refractivity contribution in [2.45, 2.75) is 57.4 Å². The Morgan fingerprint density at radius 3 is 2.26 bits per heavy atom. The van der Waals surface area contributed by atoms with Crippen LogP contribution in [0.3, 0.4) is 0 Å². The van der Waals surface area contributed by atoms with Gasteiger partial charge in [-0.25, -0.2) is 14.1 Å². The lowest BCUT2D eigenvalue weighted by Crippen LogP contribution is -2.48. The maximum absolute atomic E-state index is 14.4. The fraction of sp³-hybridized carbons (Fsp3) is 0.385. The van der Waals surface area contributed by atoms with E-state index < -0.39 is 24.3 Å². The molecule has 1 aliphatic heterocycles. The van der Waals surface area contributed by atoms with Crippen molar-refractivity contribution in [1.29, 1.82) is 0 Å². The molecule has 1 aromatic heterocycles. The van der Waals surface area contributed by atoms with E-state index in [1.54, 1.807) is 6.92 Å². The largest absolute Gasteiger partial charge is 0.343 e. The van der Waals surface area contributed by atoms with Crippen molar-refractivity contribution in [3.63, 3.8) is 0 Å². The van der Waals surface area contributed by atoms with Crippen LogP contribution in [0.15, 0.2) is 67.3 Å². The molecular weight excluding hydrogens is 433 g/mol. The van der Waals surface area contributed by atoms with Gasteiger partial charge in [-0.2, -0.15) is 5.10 Å². The predicted molar refractivity (Wildman–Crippen MR) is 127 cm³/mol. The standard InChI is InChI=1S/C26H30FN5O2/c1-17(2)19-9-11-21(12-10-19)24(20-7-5-4-6-8-20)30-25(33)23-13-22(27)14-31(23)26(34)18(3)32-16-28-15-29-32/h4-12,15-18,22-24H,13-14H2,1-3H3,(H,30,33)/t18?,22-,23+,24+/m1/s1. The predicted octanol–water partition coefficient (Wildman–Crippen LogP) is 3.81. The third kappa shape index (κ3) is 5.00. The van der Waals surface area contributed by atoms with Crippen molar-refractivity contribution < 1.29 is 14.0 Å². The molecule has 4 atom stereocenters. The molecular formula is C26H30FN5O2. The Labute approximate surface area is 199 Å². The monoisotopic (exact) mass is 463 g/mol. The van der Waals surface area contributed by atoms with Gasteiger partial charge in [0.1, 0.15) is 30.9 Å². The van der Waals surface area contributed by atoms with Gasteiger partial charge in [-0.05, 0) is 29.5 Å². The summed E-state index contributed by atoms with van der Waals surface area (Å²) in [7, 11) is 0. The van der Waals surface area contributed by atoms with Gasteiger partial charge in [0.05, 0.1) is 12.6 Å². The topological polar surface area (TPSA) is 80.1 Å². The van der Waals surface area contributed by atoms with E-state index in [1.165, 1.54) is 27.8 Å². The number of rotatable bonds is 7. The summed E-state index contributed by atoms with van der Waals surface area (Å²) in [6, 6.07) is 15.8. The summed E-state index contributed by atoms with van der Waals surface area (Å²) in [6.07, 6.45) is 1.48. The van der Waals surface area contributed by atoms with Crippen LogP contribution in [0.25, 0.3) is 0 Å². The number of hydrogen-bond donors (Lipinski definition) is 1. The highest BCUT2D eigenvalue weighted by molar-refractivity contribution is 5.90. The first-order chi connectivity index (χ1) is 16.3. The van der Waals surface area contributed by atoms with Crippen LogP contribution in [-0.2, 0) is 9.59 Å². The van der Waals surface area contributed by atoms with E-state index in [4.69, 9.17) is 0 Å². The molecule has 1 aliphatic rings. The van der Waals surface area contributed by atoms with E-state index in [2.05, 4.69) is 41.4 Å². The van der Waals surface area contributed by atoms with Gasteiger partial charge in [0.15, 0.2) is 0 Å². The highest BCUT2D eigenvalue weighted by Gasteiger charge is 2.42. The SMILES string of the molecule is CC(C)c1ccc([C@@H](NC(=O)[C@@H]2C[C@@H](F)CN2C(=O)C(C)n2cncn2)c2ccccc2)cc1. The molecule has 1 N–H and O–H groups in total. The number of alkyl halides is 1. The van der Waals surface area contributed by atoms with Gasteiger partial charge in [-0.15, -0.1) is 0 Å². The second kappa shape index (κ2) is 10.2. The Hall–Kier alpha value is -3.55. The van der Waals surface area contributed by atoms with Gasteiger partial charge in [0.25, 0.3) is 0 Å². The molecule has 1 saturated heterocycles. The van der Waals surface area contributed by atoms with E-state index in [0.717, 1.165) is 11.1 Å². The number of amides is 2. The van der Waals surface area contributed by atoms with E-state index in [-0.39, 0.29) is 24.8 Å². The Kier molecular flexibility index (Phi) is 7.05. The third-order valence-corrected chi connectivity index (χ3v) is 6.38. The zero-order chi connectivity index (χ0) is 24.2. The molecule has 2 heterocycles. The number of halogens is 1. The molecule has 0 aliphatic carbocycles. The summed E-state index contributed by atoms with van der Waals surface area (Å²) < 4.78 is 15.9. The highest BCUT2D eigenvalue weighted by atomic mass is 19.1. The number of carbonyl (C=O) groups is 2. The van der Waals surface area contributed by atoms with Crippen molar-refractivity contribution in [2.75, 3.05) is 6.54 Å². The van der Waals surface area contributed by atoms with Gasteiger partial charge < -0.3 is 10.2 Å². The molecule has 178 valence electrons. The minimum Gasteiger partial charge on any atom is -0.343 e. The van der Waals surface area contributed by atoms with Crippen LogP contribution in [0.2, 0.25) is 0 Å². The minimum absolute atomic E-state index is 0.0323. The van der Waals surface area contributed by atoms with Crippen molar-refractivity contribution in [2.24, 2.45) is 0 Å². The molecule has 7 nitrogen and oxygen atoms in total. The van der Waals surface area contributed by atoms with Crippen molar-refractivity contribution in [3.8, 4) is 0 Å². The number of nitrogens with one attached hydrogen (secondary N) is 1. The Morgan fingerprint density at radius 2 is 1.65 bits per heavy atom. The smallest absolute Gasteiger partial charge is 0.247 e. The molecule has 0 saturated carbocycles. The molecule has 1 unspecified atom stereocenters. The lowest BCUT2D eigenvalue weighted by molar-refractivity contribution is -0.141. The second-order valence-corrected chi connectivity index (χ2v) is 9.06. The van der Waals surface area contributed by atoms with Gasteiger partial charge >= 0.3 is 0 Å². The zero-order valence-corrected chi connectivity index (χ0v) is 19.6. The average Bonchev–Trinajstić information content (AvgIpc) is 3.52. The zero-order valence-electron chi connectivity index (χ0n) is 19.6. The van der Waals surface area contributed by atoms with E-state index in [9.17, 15) is 14.0 Å². The van der Waals surface area contributed by atoms with Gasteiger partial charge in [-0.3, -0.25) is 9.59 Å². The fourth-order valence-corrected chi connectivity index (χ4v) is 4.36. The fourth-order valence-electron chi connectivity index (χ4n) is 4.36. The maximum atomic E-state index is 14.4. The number of hydrogen-bond acceptors (Lipinski definition) is 4. The van der Waals surface area contributed by atoms with Crippen LogP contribution in [0.1, 0.15) is 61.9 Å². The van der Waals surface area contributed by atoms with Crippen molar-refractivity contribution >= 4 is 11.8 Å². The lowest BCUT2D eigenvalue weighted by atomic mass is 9.95. The van der Waals surface area contributed by atoms with Gasteiger partial charge in [-0.1, -0.05) is 68.4 Å². The number of benzene rings is 2. The molecule has 4 rings (SSSR count). The van der Waals surface area contributed by atoms with Gasteiger partial charge in [0.2, 0.25) is 11.8 Å². The quantitative estimate of drug-likeness (QED) is 0.578. The van der Waals surface area contributed by atoms with Crippen LogP contribution in [0, 0.1) is 0 Å². The number of nitrogens with zero attached hydrogens (tertiary/aromatic N) is 4. The molecule has 2 aromatic carbocycles. The minimum atomic E-state index is -1.26. The van der Waals surface area contributed by atoms with Crippen LogP contribution in [0.5, 0.6) is 0 Å². The van der Waals surface area contributed by atoms with Crippen LogP contribution in [-0.4, -0.2) is 50.2 Å². The number of carbonyl (C=O) groups excluding carboxylic acids is 2. The molecule has 2 amide bonds. The maximum Gasteiger partial charge on any atom is 0.247 e. The first-order valence-electron chi connectivity index (χ1n) is 11.6. The second-order valence-electron chi connectivity index (χ2n) is 9.06. The molecule has 1 fully saturated rings. The molecule has 8 heteroatoms. The Bertz CT molecular complexity index is 1100. The van der Waals surface area contributed by atoms with Crippen molar-refractivity contribution in [1.82, 2.24) is 25.0 Å². The molecule has 3 aromatic rings. The molecule has 34 heavy (non-hydrogen) atoms. The van der Waals surface area contributed by atoms with E-state index in [0.29, 0.717) is 5.92 Å². The first-order valence-corrected chi connectivity index (χ1v) is 11.6. The molecule has 0 bridgehead atoms. The lowest BCUT2D eigenvalue weighted by Gasteiger charge is -2.28. The summed E-state index contributed by atoms with van der Waals surface area (Å²) in [5.74, 6) is -0.338. The van der Waals surface area contributed by atoms with Gasteiger partial charge in [0, 0.05) is 6.42 Å². The average molecular weight is 464 g/mol. The summed E-state index contributed by atoms with van der Waals surface area (Å²) >= 11 is 0.